The van der Waals surface area contributed by atoms with Crippen molar-refractivity contribution in [3.63, 3.8) is 0 Å². The van der Waals surface area contributed by atoms with Crippen molar-refractivity contribution in [1.82, 2.24) is 5.32 Å². The van der Waals surface area contributed by atoms with Crippen molar-refractivity contribution in [2.24, 2.45) is 5.92 Å². The van der Waals surface area contributed by atoms with Gasteiger partial charge in [0, 0.05) is 17.7 Å². The first-order valence-electron chi connectivity index (χ1n) is 6.22. The van der Waals surface area contributed by atoms with Crippen molar-refractivity contribution in [3.05, 3.63) is 39.7 Å². The van der Waals surface area contributed by atoms with Crippen LogP contribution in [0.2, 0.25) is 0 Å². The normalized spacial score (nSPS) is 15.9. The summed E-state index contributed by atoms with van der Waals surface area (Å²) >= 11 is 0. The van der Waals surface area contributed by atoms with Crippen LogP contribution in [0.15, 0.2) is 18.2 Å². The second kappa shape index (κ2) is 5.34. The topological polar surface area (TPSA) is 72.2 Å². The number of rotatable bonds is 5. The molecule has 2 rings (SSSR count). The number of carbonyl (C=O) groups excluding carboxylic acids is 1. The summed E-state index contributed by atoms with van der Waals surface area (Å²) in [6.07, 6.45) is 3.32. The molecular weight excluding hydrogens is 251 g/mol. The fourth-order valence-corrected chi connectivity index (χ4v) is 2.02. The zero-order valence-electron chi connectivity index (χ0n) is 10.6. The second-order valence-corrected chi connectivity index (χ2v) is 4.98. The molecule has 1 N–H and O–H groups in total. The molecule has 1 unspecified atom stereocenters. The number of hydrogen-bond acceptors (Lipinski definition) is 3. The summed E-state index contributed by atoms with van der Waals surface area (Å²) in [5.41, 5.74) is -0.520. The highest BCUT2D eigenvalue weighted by Crippen LogP contribution is 2.33. The van der Waals surface area contributed by atoms with Crippen molar-refractivity contribution in [2.75, 3.05) is 0 Å². The Morgan fingerprint density at radius 2 is 2.26 bits per heavy atom. The quantitative estimate of drug-likeness (QED) is 0.657. The summed E-state index contributed by atoms with van der Waals surface area (Å²) in [6.45, 7) is 1.90. The molecule has 1 aromatic carbocycles. The zero-order valence-corrected chi connectivity index (χ0v) is 10.6. The molecule has 1 aromatic rings. The molecule has 0 saturated heterocycles. The molecule has 1 aliphatic carbocycles. The first-order valence-corrected chi connectivity index (χ1v) is 6.22. The Labute approximate surface area is 110 Å². The van der Waals surface area contributed by atoms with Crippen LogP contribution in [0.1, 0.15) is 36.5 Å². The van der Waals surface area contributed by atoms with Crippen LogP contribution < -0.4 is 5.32 Å². The van der Waals surface area contributed by atoms with E-state index in [1.54, 1.807) is 0 Å². The molecule has 0 spiro atoms. The number of nitrogens with zero attached hydrogens (tertiary/aromatic N) is 1. The van der Waals surface area contributed by atoms with E-state index in [1.165, 1.54) is 18.9 Å². The lowest BCUT2D eigenvalue weighted by molar-refractivity contribution is -0.387. The average Bonchev–Trinajstić information content (AvgIpc) is 3.11. The number of carbonyl (C=O) groups is 1. The Balaban J connectivity index is 2.02. The van der Waals surface area contributed by atoms with Crippen molar-refractivity contribution < 1.29 is 14.1 Å². The average molecular weight is 266 g/mol. The molecule has 5 nitrogen and oxygen atoms in total. The second-order valence-electron chi connectivity index (χ2n) is 4.98. The van der Waals surface area contributed by atoms with E-state index in [1.807, 2.05) is 6.92 Å². The Morgan fingerprint density at radius 1 is 1.58 bits per heavy atom. The maximum absolute atomic E-state index is 13.4. The largest absolute Gasteiger partial charge is 0.350 e. The zero-order chi connectivity index (χ0) is 14.0. The van der Waals surface area contributed by atoms with Crippen LogP contribution in [0.5, 0.6) is 0 Å². The van der Waals surface area contributed by atoms with Gasteiger partial charge in [-0.1, -0.05) is 12.8 Å². The first-order chi connectivity index (χ1) is 8.97. The van der Waals surface area contributed by atoms with E-state index in [4.69, 9.17) is 0 Å². The summed E-state index contributed by atoms with van der Waals surface area (Å²) in [5.74, 6) is -0.710. The monoisotopic (exact) mass is 266 g/mol. The van der Waals surface area contributed by atoms with Crippen molar-refractivity contribution in [2.45, 2.75) is 32.2 Å². The third-order valence-electron chi connectivity index (χ3n) is 3.17. The highest BCUT2D eigenvalue weighted by atomic mass is 19.1. The molecule has 0 aromatic heterocycles. The minimum Gasteiger partial charge on any atom is -0.350 e. The third kappa shape index (κ3) is 3.49. The van der Waals surface area contributed by atoms with Crippen LogP contribution in [0, 0.1) is 21.8 Å². The van der Waals surface area contributed by atoms with E-state index in [9.17, 15) is 19.3 Å². The molecule has 102 valence electrons. The maximum Gasteiger partial charge on any atom is 0.304 e. The molecule has 1 saturated carbocycles. The summed E-state index contributed by atoms with van der Waals surface area (Å²) in [4.78, 5) is 21.5. The van der Waals surface area contributed by atoms with E-state index >= 15 is 0 Å². The lowest BCUT2D eigenvalue weighted by atomic mass is 10.1. The van der Waals surface area contributed by atoms with Gasteiger partial charge in [0.1, 0.15) is 0 Å². The summed E-state index contributed by atoms with van der Waals surface area (Å²) < 4.78 is 13.4. The van der Waals surface area contributed by atoms with Crippen LogP contribution >= 0.6 is 0 Å². The molecule has 1 aliphatic rings. The molecule has 0 heterocycles. The third-order valence-corrected chi connectivity index (χ3v) is 3.17. The highest BCUT2D eigenvalue weighted by Gasteiger charge is 2.24. The SMILES string of the molecule is CC(CC1CC1)NC(=O)c1ccc([N+](=O)[O-])c(F)c1. The Morgan fingerprint density at radius 3 is 2.79 bits per heavy atom. The molecule has 0 aliphatic heterocycles. The van der Waals surface area contributed by atoms with Gasteiger partial charge in [-0.15, -0.1) is 0 Å². The van der Waals surface area contributed by atoms with Gasteiger partial charge in [-0.2, -0.15) is 4.39 Å². The summed E-state index contributed by atoms with van der Waals surface area (Å²) in [6, 6.07) is 3.20. The Bertz CT molecular complexity index is 515. The molecule has 6 heteroatoms. The molecule has 1 amide bonds. The van der Waals surface area contributed by atoms with E-state index in [0.717, 1.165) is 18.6 Å². The lowest BCUT2D eigenvalue weighted by Gasteiger charge is -2.13. The number of nitro groups is 1. The van der Waals surface area contributed by atoms with Gasteiger partial charge < -0.3 is 5.32 Å². The molecule has 0 radical (unpaired) electrons. The van der Waals surface area contributed by atoms with Gasteiger partial charge in [0.05, 0.1) is 4.92 Å². The van der Waals surface area contributed by atoms with Gasteiger partial charge in [-0.25, -0.2) is 0 Å². The minimum absolute atomic E-state index is 0.0262. The highest BCUT2D eigenvalue weighted by molar-refractivity contribution is 5.94. The van der Waals surface area contributed by atoms with Gasteiger partial charge in [0.25, 0.3) is 5.91 Å². The van der Waals surface area contributed by atoms with Crippen molar-refractivity contribution in [1.29, 1.82) is 0 Å². The predicted octanol–water partition coefficient (Wildman–Crippen LogP) is 2.65. The van der Waals surface area contributed by atoms with Crippen LogP contribution in [-0.4, -0.2) is 16.9 Å². The van der Waals surface area contributed by atoms with Crippen molar-refractivity contribution >= 4 is 11.6 Å². The maximum atomic E-state index is 13.4. The van der Waals surface area contributed by atoms with E-state index in [0.29, 0.717) is 5.92 Å². The number of halogens is 1. The standard InChI is InChI=1S/C13H15FN2O3/c1-8(6-9-2-3-9)15-13(17)10-4-5-12(16(18)19)11(14)7-10/h4-5,7-9H,2-3,6H2,1H3,(H,15,17). The van der Waals surface area contributed by atoms with Crippen LogP contribution in [0.3, 0.4) is 0 Å². The van der Waals surface area contributed by atoms with Gasteiger partial charge in [0.2, 0.25) is 5.82 Å². The molecule has 1 atom stereocenters. The minimum atomic E-state index is -0.993. The first kappa shape index (κ1) is 13.5. The molecule has 19 heavy (non-hydrogen) atoms. The van der Waals surface area contributed by atoms with E-state index in [-0.39, 0.29) is 11.6 Å². The number of amides is 1. The number of benzene rings is 1. The van der Waals surface area contributed by atoms with Crippen LogP contribution in [0.4, 0.5) is 10.1 Å². The number of nitro benzene ring substituents is 1. The Hall–Kier alpha value is -1.98. The number of nitrogens with one attached hydrogen (secondary N) is 1. The Kier molecular flexibility index (Phi) is 3.78. The van der Waals surface area contributed by atoms with Crippen LogP contribution in [0.25, 0.3) is 0 Å². The summed E-state index contributed by atoms with van der Waals surface area (Å²) in [5, 5.41) is 13.2. The summed E-state index contributed by atoms with van der Waals surface area (Å²) in [7, 11) is 0. The van der Waals surface area contributed by atoms with Gasteiger partial charge in [-0.05, 0) is 31.4 Å². The molecular formula is C13H15FN2O3. The van der Waals surface area contributed by atoms with Crippen molar-refractivity contribution in [3.8, 4) is 0 Å². The lowest BCUT2D eigenvalue weighted by Crippen LogP contribution is -2.32. The molecule has 1 fully saturated rings. The smallest absolute Gasteiger partial charge is 0.304 e. The van der Waals surface area contributed by atoms with Crippen LogP contribution in [-0.2, 0) is 0 Å². The van der Waals surface area contributed by atoms with Gasteiger partial charge in [-0.3, -0.25) is 14.9 Å². The molecule has 0 bridgehead atoms. The fourth-order valence-electron chi connectivity index (χ4n) is 2.02. The van der Waals surface area contributed by atoms with Gasteiger partial charge in [0.15, 0.2) is 0 Å². The fraction of sp³-hybridized carbons (Fsp3) is 0.462. The van der Waals surface area contributed by atoms with E-state index in [2.05, 4.69) is 5.32 Å². The number of hydrogen-bond donors (Lipinski definition) is 1. The predicted molar refractivity (Wildman–Crippen MR) is 67.3 cm³/mol. The van der Waals surface area contributed by atoms with E-state index < -0.39 is 22.3 Å². The van der Waals surface area contributed by atoms with Gasteiger partial charge >= 0.3 is 5.69 Å².